The second-order valence-electron chi connectivity index (χ2n) is 15.4. The number of carbonyl (C=O) groups excluding carboxylic acids is 3. The van der Waals surface area contributed by atoms with Gasteiger partial charge >= 0.3 is 35.5 Å². The van der Waals surface area contributed by atoms with Crippen molar-refractivity contribution in [3.8, 4) is 0 Å². The molecule has 3 aliphatic rings. The van der Waals surface area contributed by atoms with Crippen LogP contribution in [0.3, 0.4) is 0 Å². The van der Waals surface area contributed by atoms with Crippen LogP contribution in [0.5, 0.6) is 0 Å². The number of urea groups is 1. The summed E-state index contributed by atoms with van der Waals surface area (Å²) in [4.78, 5) is 81.7. The van der Waals surface area contributed by atoms with Crippen molar-refractivity contribution in [3.05, 3.63) is 12.7 Å². The summed E-state index contributed by atoms with van der Waals surface area (Å²) in [6, 6.07) is 0.0777. The Morgan fingerprint density at radius 2 is 1.48 bits per heavy atom. The zero-order valence-corrected chi connectivity index (χ0v) is 42.2. The average molecular weight is 1040 g/mol. The van der Waals surface area contributed by atoms with Crippen molar-refractivity contribution < 1.29 is 75.4 Å². The maximum atomic E-state index is 12.4. The van der Waals surface area contributed by atoms with E-state index in [1.807, 2.05) is 0 Å². The van der Waals surface area contributed by atoms with E-state index in [0.717, 1.165) is 24.9 Å². The van der Waals surface area contributed by atoms with Crippen molar-refractivity contribution in [1.82, 2.24) is 45.3 Å². The number of ether oxygens (including phenoxy) is 1. The number of carbonyl (C=O) groups is 3. The molecular formula is C37H69N10O16P3S. The summed E-state index contributed by atoms with van der Waals surface area (Å²) in [6.45, 7) is 19.4. The lowest BCUT2D eigenvalue weighted by Gasteiger charge is -2.20. The Bertz CT molecular complexity index is 2000. The zero-order valence-electron chi connectivity index (χ0n) is 38.7. The number of nitrogens with two attached hydrogens (primary N) is 1. The van der Waals surface area contributed by atoms with E-state index in [1.165, 1.54) is 50.2 Å². The normalized spacial score (nSPS) is 24.9. The van der Waals surface area contributed by atoms with Crippen LogP contribution in [0.4, 0.5) is 10.6 Å². The molecule has 0 aliphatic carbocycles. The maximum Gasteiger partial charge on any atom is 0.538 e. The molecule has 5 heterocycles. The Labute approximate surface area is 394 Å². The first-order chi connectivity index (χ1) is 31.6. The van der Waals surface area contributed by atoms with Crippen molar-refractivity contribution >= 4 is 70.1 Å². The summed E-state index contributed by atoms with van der Waals surface area (Å²) in [5.41, 5.74) is 6.02. The number of phosphoric ester groups is 2. The number of fused-ring (bicyclic) bond motifs is 2. The Morgan fingerprint density at radius 3 is 2.09 bits per heavy atom. The molecule has 3 fully saturated rings. The lowest BCUT2D eigenvalue weighted by Crippen LogP contribution is -2.36. The number of aromatic nitrogens is 4. The summed E-state index contributed by atoms with van der Waals surface area (Å²) in [7, 11) is -17.2. The Hall–Kier alpha value is -2.84. The van der Waals surface area contributed by atoms with Crippen LogP contribution in [0.15, 0.2) is 12.7 Å². The molecule has 0 saturated carbocycles. The highest BCUT2D eigenvalue weighted by Crippen LogP contribution is 2.67. The average Bonchev–Trinajstić information content (AvgIpc) is 4.03. The lowest BCUT2D eigenvalue weighted by molar-refractivity contribution is -0.135. The van der Waals surface area contributed by atoms with Gasteiger partial charge in [-0.25, -0.2) is 33.4 Å². The van der Waals surface area contributed by atoms with E-state index in [9.17, 15) is 53.0 Å². The molecule has 0 bridgehead atoms. The summed E-state index contributed by atoms with van der Waals surface area (Å²) in [5, 5.41) is 29.7. The number of hydrogen-bond donors (Lipinski definition) is 9. The number of hydrogen-bond acceptors (Lipinski definition) is 20. The van der Waals surface area contributed by atoms with Gasteiger partial charge in [-0.15, -0.1) is 0 Å². The number of nitrogen functional groups attached to an aromatic ring is 1. The molecule has 3 amide bonds. The topological polar surface area (TPSA) is 362 Å². The second kappa shape index (κ2) is 28.1. The van der Waals surface area contributed by atoms with Crippen LogP contribution >= 0.6 is 35.2 Å². The van der Waals surface area contributed by atoms with E-state index in [-0.39, 0.29) is 66.8 Å². The fraction of sp³-hybridized carbons (Fsp3) is 0.784. The molecule has 384 valence electrons. The molecule has 10 atom stereocenters. The highest BCUT2D eigenvalue weighted by atomic mass is 32.2. The molecule has 3 saturated heterocycles. The fourth-order valence-corrected chi connectivity index (χ4v) is 12.2. The third kappa shape index (κ3) is 19.1. The number of rotatable bonds is 25. The Kier molecular flexibility index (Phi) is 24.5. The smallest absolute Gasteiger partial charge is 0.387 e. The molecule has 30 heteroatoms. The number of thioether (sulfide) groups is 1. The van der Waals surface area contributed by atoms with Crippen LogP contribution in [0.25, 0.3) is 11.2 Å². The molecule has 0 spiro atoms. The van der Waals surface area contributed by atoms with E-state index >= 15 is 0 Å². The van der Waals surface area contributed by atoms with E-state index in [1.54, 1.807) is 11.8 Å². The first-order valence-corrected chi connectivity index (χ1v) is 27.8. The standard InChI is InChI=1S/C25H39N8O16P3S.2C6H15N/c26-22-19-23(29-11-28-22)33(12-30-19)24-21(37)20(36)14(46-24)9-45-50(39,40)48-52(43,44)49-51(41,42)47-17(35)7-3-4-8-27-16(34)6-2-1-5-15-18-13(10-53-15)31-25(38)32-18;2*1-4-7(5-2)6-3/h11-15,18,20-21,24,36-37H,1-10H2,(H,27,34)(H,39,40)(H,41,42)(H,43,44)(H2,26,28,29)(H2,31,32,38);2*4-6H2,1-3H3/t13?,14?,15-,18?,20?,21?,24?;;/m0../s1. The minimum absolute atomic E-state index is 0.0202. The number of phosphoric acid groups is 3. The molecular weight excluding hydrogens is 965 g/mol. The number of unbranched alkanes of at least 4 members (excludes halogenated alkanes) is 2. The molecule has 0 aromatic carbocycles. The molecule has 2 aromatic heterocycles. The molecule has 26 nitrogen and oxygen atoms in total. The van der Waals surface area contributed by atoms with Gasteiger partial charge in [-0.05, 0) is 65.0 Å². The maximum absolute atomic E-state index is 12.4. The van der Waals surface area contributed by atoms with E-state index in [4.69, 9.17) is 10.5 Å². The van der Waals surface area contributed by atoms with Gasteiger partial charge in [-0.3, -0.25) is 23.6 Å². The largest absolute Gasteiger partial charge is 0.538 e. The number of amides is 3. The summed E-state index contributed by atoms with van der Waals surface area (Å²) < 4.78 is 60.2. The van der Waals surface area contributed by atoms with Crippen molar-refractivity contribution in [2.24, 2.45) is 0 Å². The minimum atomic E-state index is -5.93. The number of anilines is 1. The SMILES string of the molecule is CCN(CC)CC.CCN(CC)CC.Nc1ncnc2c1ncn2C1OC(COP(=O)(O)OP(=O)(O)OP(=O)(O)OC(=O)CCCCNC(=O)CCCC[C@@H]2SCC3NC(=O)NC32)C(O)C1O. The van der Waals surface area contributed by atoms with Crippen molar-refractivity contribution in [1.29, 1.82) is 0 Å². The molecule has 5 rings (SSSR count). The van der Waals surface area contributed by atoms with Crippen LogP contribution in [-0.2, 0) is 45.7 Å². The van der Waals surface area contributed by atoms with Gasteiger partial charge in [0.15, 0.2) is 17.7 Å². The van der Waals surface area contributed by atoms with Gasteiger partial charge < -0.3 is 60.7 Å². The van der Waals surface area contributed by atoms with Gasteiger partial charge in [0.25, 0.3) is 0 Å². The Balaban J connectivity index is 0.000000737. The number of aliphatic hydroxyl groups excluding tert-OH is 2. The molecule has 0 radical (unpaired) electrons. The van der Waals surface area contributed by atoms with Gasteiger partial charge in [0, 0.05) is 30.4 Å². The quantitative estimate of drug-likeness (QED) is 0.0392. The van der Waals surface area contributed by atoms with Crippen molar-refractivity contribution in [3.63, 3.8) is 0 Å². The van der Waals surface area contributed by atoms with Gasteiger partial charge in [0.05, 0.1) is 25.0 Å². The molecule has 10 N–H and O–H groups in total. The third-order valence-electron chi connectivity index (χ3n) is 10.9. The molecule has 2 aromatic rings. The van der Waals surface area contributed by atoms with Gasteiger partial charge in [0.1, 0.15) is 30.2 Å². The second-order valence-corrected chi connectivity index (χ2v) is 21.2. The van der Waals surface area contributed by atoms with Gasteiger partial charge in [-0.2, -0.15) is 20.4 Å². The van der Waals surface area contributed by atoms with Gasteiger partial charge in [0.2, 0.25) is 5.91 Å². The number of imidazole rings is 1. The predicted octanol–water partition coefficient (Wildman–Crippen LogP) is 2.63. The van der Waals surface area contributed by atoms with Crippen LogP contribution in [0.1, 0.15) is 92.7 Å². The van der Waals surface area contributed by atoms with E-state index in [0.29, 0.717) is 11.7 Å². The highest BCUT2D eigenvalue weighted by Gasteiger charge is 2.48. The first-order valence-electron chi connectivity index (χ1n) is 22.3. The number of nitrogens with one attached hydrogen (secondary N) is 3. The van der Waals surface area contributed by atoms with Crippen LogP contribution < -0.4 is 21.7 Å². The van der Waals surface area contributed by atoms with Crippen molar-refractivity contribution in [2.75, 3.05) is 63.9 Å². The summed E-state index contributed by atoms with van der Waals surface area (Å²) in [5.74, 6) is -0.654. The first kappa shape index (κ1) is 58.5. The third-order valence-corrected chi connectivity index (χ3v) is 16.6. The number of nitrogens with zero attached hydrogens (tertiary/aromatic N) is 6. The van der Waals surface area contributed by atoms with E-state index < -0.39 is 67.0 Å². The number of aliphatic hydroxyl groups is 2. The molecule has 67 heavy (non-hydrogen) atoms. The molecule has 3 aliphatic heterocycles. The van der Waals surface area contributed by atoms with Crippen molar-refractivity contribution in [2.45, 2.75) is 128 Å². The van der Waals surface area contributed by atoms with Crippen LogP contribution in [0.2, 0.25) is 0 Å². The van der Waals surface area contributed by atoms with E-state index in [2.05, 4.69) is 99.9 Å². The van der Waals surface area contributed by atoms with Gasteiger partial charge in [-0.1, -0.05) is 48.0 Å². The summed E-state index contributed by atoms with van der Waals surface area (Å²) >= 11 is 1.79. The Morgan fingerprint density at radius 1 is 0.866 bits per heavy atom. The monoisotopic (exact) mass is 1030 g/mol. The van der Waals surface area contributed by atoms with Crippen LogP contribution in [0, 0.1) is 0 Å². The highest BCUT2D eigenvalue weighted by molar-refractivity contribution is 8.00. The van der Waals surface area contributed by atoms with Crippen LogP contribution in [-0.4, -0.2) is 166 Å². The zero-order chi connectivity index (χ0) is 50.0. The summed E-state index contributed by atoms with van der Waals surface area (Å²) in [6.07, 6.45) is -1.44. The lowest BCUT2D eigenvalue weighted by atomic mass is 10.0. The predicted molar refractivity (Wildman–Crippen MR) is 247 cm³/mol. The molecule has 9 unspecified atom stereocenters. The fourth-order valence-electron chi connectivity index (χ4n) is 7.14. The minimum Gasteiger partial charge on any atom is -0.387 e.